The van der Waals surface area contributed by atoms with E-state index in [4.69, 9.17) is 4.99 Å². The molecule has 0 radical (unpaired) electrons. The Morgan fingerprint density at radius 3 is 2.96 bits per heavy atom. The van der Waals surface area contributed by atoms with Gasteiger partial charge in [0.15, 0.2) is 5.96 Å². The third-order valence-corrected chi connectivity index (χ3v) is 7.12. The maximum Gasteiger partial charge on any atom is 0.191 e. The average Bonchev–Trinajstić information content (AvgIpc) is 3.34. The minimum Gasteiger partial charge on any atom is -0.357 e. The highest BCUT2D eigenvalue weighted by molar-refractivity contribution is 14.0. The Kier molecular flexibility index (Phi) is 10.2. The smallest absolute Gasteiger partial charge is 0.191 e. The molecule has 3 heterocycles. The summed E-state index contributed by atoms with van der Waals surface area (Å²) >= 11 is 3.71. The van der Waals surface area contributed by atoms with Crippen molar-refractivity contribution in [2.24, 2.45) is 4.99 Å². The molecule has 8 heteroatoms. The summed E-state index contributed by atoms with van der Waals surface area (Å²) in [5.41, 5.74) is 1.50. The van der Waals surface area contributed by atoms with E-state index in [0.717, 1.165) is 51.5 Å². The molecule has 1 aliphatic rings. The first-order valence-corrected chi connectivity index (χ1v) is 11.6. The number of halogens is 1. The molecule has 5 nitrogen and oxygen atoms in total. The van der Waals surface area contributed by atoms with Crippen molar-refractivity contribution in [1.82, 2.24) is 20.5 Å². The molecule has 0 aliphatic carbocycles. The van der Waals surface area contributed by atoms with Crippen LogP contribution in [0, 0.1) is 0 Å². The van der Waals surface area contributed by atoms with Gasteiger partial charge in [0.05, 0.1) is 11.6 Å². The van der Waals surface area contributed by atoms with E-state index in [0.29, 0.717) is 6.04 Å². The summed E-state index contributed by atoms with van der Waals surface area (Å²) in [6.45, 7) is 11.3. The van der Waals surface area contributed by atoms with Gasteiger partial charge in [0.2, 0.25) is 0 Å². The zero-order valence-electron chi connectivity index (χ0n) is 17.0. The number of aromatic nitrogens is 1. The summed E-state index contributed by atoms with van der Waals surface area (Å²) in [4.78, 5) is 14.8. The maximum absolute atomic E-state index is 4.82. The van der Waals surface area contributed by atoms with Gasteiger partial charge in [-0.05, 0) is 43.7 Å². The maximum atomic E-state index is 4.82. The number of thiazole rings is 1. The van der Waals surface area contributed by atoms with Gasteiger partial charge in [-0.1, -0.05) is 6.92 Å². The lowest BCUT2D eigenvalue weighted by Gasteiger charge is -2.31. The molecule has 1 atom stereocenters. The number of aryl methyl sites for hydroxylation is 1. The number of guanidine groups is 1. The molecule has 0 fully saturated rings. The Bertz CT molecular complexity index is 743. The average molecular weight is 534 g/mol. The van der Waals surface area contributed by atoms with Crippen LogP contribution in [0.25, 0.3) is 0 Å². The van der Waals surface area contributed by atoms with Crippen LogP contribution in [0.4, 0.5) is 0 Å². The fraction of sp³-hybridized carbons (Fsp3) is 0.600. The third kappa shape index (κ3) is 6.67. The van der Waals surface area contributed by atoms with Crippen LogP contribution < -0.4 is 10.6 Å². The lowest BCUT2D eigenvalue weighted by Crippen LogP contribution is -2.41. The number of nitrogens with zero attached hydrogens (tertiary/aromatic N) is 3. The zero-order valence-corrected chi connectivity index (χ0v) is 21.0. The quantitative estimate of drug-likeness (QED) is 0.307. The molecule has 3 rings (SSSR count). The van der Waals surface area contributed by atoms with Gasteiger partial charge >= 0.3 is 0 Å². The molecule has 28 heavy (non-hydrogen) atoms. The molecule has 2 N–H and O–H groups in total. The van der Waals surface area contributed by atoms with Crippen molar-refractivity contribution in [3.63, 3.8) is 0 Å². The minimum atomic E-state index is 0. The summed E-state index contributed by atoms with van der Waals surface area (Å²) in [5.74, 6) is 0.907. The highest BCUT2D eigenvalue weighted by Crippen LogP contribution is 2.25. The van der Waals surface area contributed by atoms with E-state index in [1.807, 2.05) is 28.9 Å². The Morgan fingerprint density at radius 2 is 2.21 bits per heavy atom. The van der Waals surface area contributed by atoms with E-state index in [1.54, 1.807) is 4.88 Å². The first-order valence-electron chi connectivity index (χ1n) is 9.94. The number of rotatable bonds is 8. The second-order valence-corrected chi connectivity index (χ2v) is 9.11. The van der Waals surface area contributed by atoms with Crippen molar-refractivity contribution in [2.75, 3.05) is 26.2 Å². The predicted octanol–water partition coefficient (Wildman–Crippen LogP) is 3.93. The monoisotopic (exact) mass is 533 g/mol. The van der Waals surface area contributed by atoms with Crippen LogP contribution in [0.3, 0.4) is 0 Å². The van der Waals surface area contributed by atoms with Crippen molar-refractivity contribution in [3.8, 4) is 0 Å². The first kappa shape index (κ1) is 23.6. The van der Waals surface area contributed by atoms with Gasteiger partial charge in [0.1, 0.15) is 0 Å². The molecule has 1 unspecified atom stereocenters. The summed E-state index contributed by atoms with van der Waals surface area (Å²) in [6.07, 6.45) is 5.18. The molecular formula is C20H32IN5S2. The number of fused-ring (bicyclic) bond motifs is 1. The van der Waals surface area contributed by atoms with E-state index < -0.39 is 0 Å². The predicted molar refractivity (Wildman–Crippen MR) is 132 cm³/mol. The summed E-state index contributed by atoms with van der Waals surface area (Å²) in [6, 6.07) is 2.72. The summed E-state index contributed by atoms with van der Waals surface area (Å²) in [5, 5.41) is 10.2. The summed E-state index contributed by atoms with van der Waals surface area (Å²) in [7, 11) is 0. The van der Waals surface area contributed by atoms with Gasteiger partial charge in [0, 0.05) is 54.6 Å². The van der Waals surface area contributed by atoms with Crippen LogP contribution >= 0.6 is 46.7 Å². The van der Waals surface area contributed by atoms with Crippen LogP contribution in [-0.4, -0.2) is 48.1 Å². The van der Waals surface area contributed by atoms with Gasteiger partial charge in [-0.3, -0.25) is 9.89 Å². The number of hydrogen-bond acceptors (Lipinski definition) is 5. The lowest BCUT2D eigenvalue weighted by atomic mass is 10.1. The largest absolute Gasteiger partial charge is 0.357 e. The molecular weight excluding hydrogens is 501 g/mol. The molecule has 0 bridgehead atoms. The van der Waals surface area contributed by atoms with Gasteiger partial charge in [-0.15, -0.1) is 46.7 Å². The molecule has 2 aromatic heterocycles. The SMILES string of the molecule is CCNC(=NCC(C)N1CCc2sccc2C1)NCCc1ncc(CC)s1.I. The Balaban J connectivity index is 0.00000280. The van der Waals surface area contributed by atoms with E-state index in [1.165, 1.54) is 21.9 Å². The number of thiophene rings is 1. The second-order valence-electron chi connectivity index (χ2n) is 6.91. The van der Waals surface area contributed by atoms with E-state index in [2.05, 4.69) is 52.7 Å². The van der Waals surface area contributed by atoms with Crippen molar-refractivity contribution in [2.45, 2.75) is 52.6 Å². The Hall–Kier alpha value is -0.710. The van der Waals surface area contributed by atoms with Crippen molar-refractivity contribution in [3.05, 3.63) is 38.0 Å². The number of nitrogens with one attached hydrogen (secondary N) is 2. The fourth-order valence-electron chi connectivity index (χ4n) is 3.24. The molecule has 0 saturated heterocycles. The molecule has 0 saturated carbocycles. The standard InChI is InChI=1S/C20H31N5S2.HI/c1-4-17-13-23-19(27-17)6-9-22-20(21-5-2)24-12-15(3)25-10-7-18-16(14-25)8-11-26-18;/h8,11,13,15H,4-7,9-10,12,14H2,1-3H3,(H2,21,22,24);1H. The number of hydrogen-bond donors (Lipinski definition) is 2. The number of aliphatic imine (C=N–C) groups is 1. The van der Waals surface area contributed by atoms with Crippen molar-refractivity contribution in [1.29, 1.82) is 0 Å². The highest BCUT2D eigenvalue weighted by Gasteiger charge is 2.21. The molecule has 1 aliphatic heterocycles. The van der Waals surface area contributed by atoms with Gasteiger partial charge in [-0.2, -0.15) is 0 Å². The van der Waals surface area contributed by atoms with Crippen molar-refractivity contribution >= 4 is 52.6 Å². The second kappa shape index (κ2) is 12.1. The molecule has 156 valence electrons. The molecule has 0 spiro atoms. The fourth-order valence-corrected chi connectivity index (χ4v) is 4.99. The topological polar surface area (TPSA) is 52.6 Å². The van der Waals surface area contributed by atoms with E-state index in [-0.39, 0.29) is 24.0 Å². The van der Waals surface area contributed by atoms with Gasteiger partial charge < -0.3 is 10.6 Å². The molecule has 2 aromatic rings. The van der Waals surface area contributed by atoms with Crippen molar-refractivity contribution < 1.29 is 0 Å². The Labute approximate surface area is 194 Å². The Morgan fingerprint density at radius 1 is 1.36 bits per heavy atom. The van der Waals surface area contributed by atoms with E-state index >= 15 is 0 Å². The van der Waals surface area contributed by atoms with Gasteiger partial charge in [-0.25, -0.2) is 4.98 Å². The lowest BCUT2D eigenvalue weighted by molar-refractivity contribution is 0.197. The normalized spacial score (nSPS) is 15.6. The van der Waals surface area contributed by atoms with E-state index in [9.17, 15) is 0 Å². The van der Waals surface area contributed by atoms with Crippen LogP contribution in [0.2, 0.25) is 0 Å². The highest BCUT2D eigenvalue weighted by atomic mass is 127. The van der Waals surface area contributed by atoms with Crippen LogP contribution in [0.1, 0.15) is 41.1 Å². The third-order valence-electron chi connectivity index (χ3n) is 4.90. The minimum absolute atomic E-state index is 0. The molecule has 0 aromatic carbocycles. The van der Waals surface area contributed by atoms with Crippen LogP contribution in [-0.2, 0) is 25.8 Å². The van der Waals surface area contributed by atoms with Crippen LogP contribution in [0.15, 0.2) is 22.6 Å². The zero-order chi connectivity index (χ0) is 19.1. The summed E-state index contributed by atoms with van der Waals surface area (Å²) < 4.78 is 0. The van der Waals surface area contributed by atoms with Crippen LogP contribution in [0.5, 0.6) is 0 Å². The molecule has 0 amide bonds. The van der Waals surface area contributed by atoms with Gasteiger partial charge in [0.25, 0.3) is 0 Å². The first-order chi connectivity index (χ1) is 13.2.